The van der Waals surface area contributed by atoms with Gasteiger partial charge in [0.15, 0.2) is 11.6 Å². The fourth-order valence-electron chi connectivity index (χ4n) is 4.94. The lowest BCUT2D eigenvalue weighted by Crippen LogP contribution is -2.53. The maximum absolute atomic E-state index is 10.6. The molecular formula is C23H27N7O2. The van der Waals surface area contributed by atoms with Gasteiger partial charge in [-0.2, -0.15) is 9.97 Å². The summed E-state index contributed by atoms with van der Waals surface area (Å²) in [6, 6.07) is 10.4. The summed E-state index contributed by atoms with van der Waals surface area (Å²) in [5, 5.41) is 23.2. The molecule has 0 aliphatic carbocycles. The van der Waals surface area contributed by atoms with Crippen molar-refractivity contribution in [2.24, 2.45) is 0 Å². The Kier molecular flexibility index (Phi) is 5.13. The van der Waals surface area contributed by atoms with Crippen molar-refractivity contribution in [2.75, 3.05) is 19.1 Å². The van der Waals surface area contributed by atoms with Gasteiger partial charge < -0.3 is 20.1 Å². The number of methoxy groups -OCH3 is 1. The lowest BCUT2D eigenvalue weighted by atomic mass is 9.88. The second-order valence-corrected chi connectivity index (χ2v) is 8.95. The van der Waals surface area contributed by atoms with Crippen LogP contribution in [0.3, 0.4) is 0 Å². The van der Waals surface area contributed by atoms with Crippen LogP contribution in [0.2, 0.25) is 0 Å². The summed E-state index contributed by atoms with van der Waals surface area (Å²) in [5.74, 6) is 1.35. The molecule has 5 rings (SSSR count). The summed E-state index contributed by atoms with van der Waals surface area (Å²) in [6.07, 6.45) is 6.09. The Hall–Kier alpha value is -3.33. The number of hydrogen-bond acceptors (Lipinski definition) is 9. The number of aromatic nitrogens is 5. The first kappa shape index (κ1) is 20.6. The number of rotatable bonds is 5. The largest absolute Gasteiger partial charge is 0.507 e. The first-order valence-electron chi connectivity index (χ1n) is 10.9. The van der Waals surface area contributed by atoms with Crippen molar-refractivity contribution < 1.29 is 9.84 Å². The third kappa shape index (κ3) is 3.84. The zero-order valence-corrected chi connectivity index (χ0v) is 18.5. The molecule has 0 amide bonds. The molecule has 0 unspecified atom stereocenters. The number of fused-ring (bicyclic) bond motifs is 2. The van der Waals surface area contributed by atoms with E-state index in [1.165, 1.54) is 26.3 Å². The molecule has 2 aliphatic rings. The highest BCUT2D eigenvalue weighted by Crippen LogP contribution is 2.38. The van der Waals surface area contributed by atoms with Gasteiger partial charge in [0.1, 0.15) is 12.1 Å². The quantitative estimate of drug-likeness (QED) is 0.628. The van der Waals surface area contributed by atoms with E-state index in [9.17, 15) is 5.11 Å². The van der Waals surface area contributed by atoms with E-state index in [2.05, 4.69) is 49.3 Å². The van der Waals surface area contributed by atoms with Crippen LogP contribution in [0.1, 0.15) is 32.6 Å². The van der Waals surface area contributed by atoms with Gasteiger partial charge in [-0.3, -0.25) is 0 Å². The normalized spacial score (nSPS) is 24.3. The van der Waals surface area contributed by atoms with Crippen LogP contribution < -0.4 is 15.0 Å². The lowest BCUT2D eigenvalue weighted by Gasteiger charge is -2.41. The Morgan fingerprint density at radius 3 is 2.78 bits per heavy atom. The molecule has 4 heterocycles. The van der Waals surface area contributed by atoms with E-state index in [0.29, 0.717) is 34.7 Å². The fraction of sp³-hybridized carbons (Fsp3) is 0.435. The van der Waals surface area contributed by atoms with E-state index in [-0.39, 0.29) is 17.3 Å². The minimum Gasteiger partial charge on any atom is -0.507 e. The average molecular weight is 434 g/mol. The Morgan fingerprint density at radius 1 is 1.19 bits per heavy atom. The predicted molar refractivity (Wildman–Crippen MR) is 120 cm³/mol. The van der Waals surface area contributed by atoms with Crippen molar-refractivity contribution in [1.82, 2.24) is 30.5 Å². The number of nitrogens with zero attached hydrogens (tertiary/aromatic N) is 6. The predicted octanol–water partition coefficient (Wildman–Crippen LogP) is 2.82. The smallest absolute Gasteiger partial charge is 0.319 e. The Labute approximate surface area is 186 Å². The molecule has 2 aromatic heterocycles. The van der Waals surface area contributed by atoms with Gasteiger partial charge in [-0.25, -0.2) is 4.98 Å². The number of aromatic hydroxyl groups is 1. The first-order chi connectivity index (χ1) is 15.4. The Bertz CT molecular complexity index is 1120. The third-order valence-electron chi connectivity index (χ3n) is 6.66. The second-order valence-electron chi connectivity index (χ2n) is 8.95. The highest BCUT2D eigenvalue weighted by Gasteiger charge is 2.43. The summed E-state index contributed by atoms with van der Waals surface area (Å²) in [5.41, 5.74) is 2.09. The van der Waals surface area contributed by atoms with Crippen molar-refractivity contribution in [3.63, 3.8) is 0 Å². The molecule has 0 radical (unpaired) electrons. The van der Waals surface area contributed by atoms with Gasteiger partial charge in [0, 0.05) is 35.8 Å². The van der Waals surface area contributed by atoms with Gasteiger partial charge in [-0.05, 0) is 56.9 Å². The molecule has 2 fully saturated rings. The standard InChI is InChI=1S/C23H27N7O2/c1-23-9-8-15(27-23)11-16(12-23)30(2)20-7-6-18(28-29-20)17-5-4-14(10-19(17)31)21-24-13-25-22(26-21)32-3/h4-7,10,13,15-16,27,31H,8-9,11-12H2,1-3H3/t15-,16-,23+/m0/s1. The number of ether oxygens (including phenoxy) is 1. The molecule has 9 heteroatoms. The monoisotopic (exact) mass is 433 g/mol. The molecule has 2 saturated heterocycles. The van der Waals surface area contributed by atoms with Gasteiger partial charge in [-0.15, -0.1) is 10.2 Å². The van der Waals surface area contributed by atoms with Gasteiger partial charge >= 0.3 is 6.01 Å². The van der Waals surface area contributed by atoms with Crippen LogP contribution in [0.25, 0.3) is 22.6 Å². The van der Waals surface area contributed by atoms with Crippen molar-refractivity contribution in [3.8, 4) is 34.4 Å². The van der Waals surface area contributed by atoms with Crippen LogP contribution in [0.5, 0.6) is 11.8 Å². The molecule has 9 nitrogen and oxygen atoms in total. The number of piperidine rings is 1. The Morgan fingerprint density at radius 2 is 2.06 bits per heavy atom. The molecule has 0 spiro atoms. The molecule has 3 aromatic rings. The van der Waals surface area contributed by atoms with Gasteiger partial charge in [0.05, 0.1) is 12.8 Å². The van der Waals surface area contributed by atoms with Crippen LogP contribution >= 0.6 is 0 Å². The van der Waals surface area contributed by atoms with Crippen molar-refractivity contribution >= 4 is 5.82 Å². The van der Waals surface area contributed by atoms with Crippen molar-refractivity contribution in [2.45, 2.75) is 50.2 Å². The maximum Gasteiger partial charge on any atom is 0.319 e. The minimum absolute atomic E-state index is 0.0835. The highest BCUT2D eigenvalue weighted by atomic mass is 16.5. The van der Waals surface area contributed by atoms with Crippen molar-refractivity contribution in [1.29, 1.82) is 0 Å². The van der Waals surface area contributed by atoms with Gasteiger partial charge in [0.25, 0.3) is 0 Å². The van der Waals surface area contributed by atoms with Crippen LogP contribution in [-0.4, -0.2) is 62.0 Å². The molecule has 166 valence electrons. The summed E-state index contributed by atoms with van der Waals surface area (Å²) >= 11 is 0. The number of anilines is 1. The van der Waals surface area contributed by atoms with Crippen molar-refractivity contribution in [3.05, 3.63) is 36.7 Å². The first-order valence-corrected chi connectivity index (χ1v) is 10.9. The van der Waals surface area contributed by atoms with Crippen LogP contribution in [-0.2, 0) is 0 Å². The zero-order chi connectivity index (χ0) is 22.3. The topological polar surface area (TPSA) is 109 Å². The minimum atomic E-state index is 0.0835. The lowest BCUT2D eigenvalue weighted by molar-refractivity contribution is 0.266. The van der Waals surface area contributed by atoms with Crippen LogP contribution in [0, 0.1) is 0 Å². The molecule has 1 aromatic carbocycles. The van der Waals surface area contributed by atoms with Gasteiger partial charge in [0.2, 0.25) is 0 Å². The number of benzene rings is 1. The highest BCUT2D eigenvalue weighted by molar-refractivity contribution is 5.72. The number of nitrogens with one attached hydrogen (secondary N) is 1. The summed E-state index contributed by atoms with van der Waals surface area (Å²) in [6.45, 7) is 2.32. The van der Waals surface area contributed by atoms with E-state index in [0.717, 1.165) is 18.7 Å². The molecule has 2 aliphatic heterocycles. The van der Waals surface area contributed by atoms with E-state index >= 15 is 0 Å². The molecule has 2 bridgehead atoms. The SMILES string of the molecule is COc1ncnc(-c2ccc(-c3ccc(N(C)[C@H]4C[C@@H]5CC[C@](C)(C4)N5)nn3)c(O)c2)n1. The fourth-order valence-corrected chi connectivity index (χ4v) is 4.94. The second kappa shape index (κ2) is 7.98. The van der Waals surface area contributed by atoms with Gasteiger partial charge in [-0.1, -0.05) is 6.07 Å². The average Bonchev–Trinajstić information content (AvgIpc) is 3.10. The number of phenolic OH excluding ortho intramolecular Hbond substituents is 1. The van der Waals surface area contributed by atoms with E-state index in [1.54, 1.807) is 12.1 Å². The summed E-state index contributed by atoms with van der Waals surface area (Å²) in [4.78, 5) is 14.5. The summed E-state index contributed by atoms with van der Waals surface area (Å²) in [7, 11) is 3.59. The summed E-state index contributed by atoms with van der Waals surface area (Å²) < 4.78 is 5.04. The van der Waals surface area contributed by atoms with E-state index in [4.69, 9.17) is 4.74 Å². The van der Waals surface area contributed by atoms with E-state index < -0.39 is 0 Å². The van der Waals surface area contributed by atoms with Crippen LogP contribution in [0.15, 0.2) is 36.7 Å². The molecule has 3 atom stereocenters. The molecule has 2 N–H and O–H groups in total. The number of phenols is 1. The Balaban J connectivity index is 1.34. The molecule has 32 heavy (non-hydrogen) atoms. The number of hydrogen-bond donors (Lipinski definition) is 2. The zero-order valence-electron chi connectivity index (χ0n) is 18.5. The molecule has 0 saturated carbocycles. The molecular weight excluding hydrogens is 406 g/mol. The third-order valence-corrected chi connectivity index (χ3v) is 6.66. The van der Waals surface area contributed by atoms with Crippen LogP contribution in [0.4, 0.5) is 5.82 Å². The maximum atomic E-state index is 10.6. The van der Waals surface area contributed by atoms with E-state index in [1.807, 2.05) is 18.2 Å².